The lowest BCUT2D eigenvalue weighted by Gasteiger charge is -2.45. The van der Waals surface area contributed by atoms with Crippen LogP contribution in [0.4, 0.5) is 51.2 Å². The molecule has 0 fully saturated rings. The number of nitrogens with zero attached hydrogens (tertiary/aromatic N) is 5. The van der Waals surface area contributed by atoms with Crippen molar-refractivity contribution < 1.29 is 48.0 Å². The highest BCUT2D eigenvalue weighted by molar-refractivity contribution is 7.00. The lowest BCUT2D eigenvalue weighted by atomic mass is 9.33. The predicted molar refractivity (Wildman–Crippen MR) is 309 cm³/mol. The van der Waals surface area contributed by atoms with Gasteiger partial charge in [-0.3, -0.25) is 0 Å². The second-order valence-corrected chi connectivity index (χ2v) is 16.8. The number of fused-ring (bicyclic) bond motifs is 10. The molecule has 73 heavy (non-hydrogen) atoms. The van der Waals surface area contributed by atoms with Crippen LogP contribution in [-0.2, 0) is 0 Å². The Morgan fingerprint density at radius 3 is 1.22 bits per heavy atom. The van der Waals surface area contributed by atoms with Crippen LogP contribution in [0, 0.1) is 6.92 Å². The van der Waals surface area contributed by atoms with Gasteiger partial charge >= 0.3 is 0 Å². The van der Waals surface area contributed by atoms with Gasteiger partial charge in [0.05, 0.1) is 75.7 Å². The quantitative estimate of drug-likeness (QED) is 0.148. The van der Waals surface area contributed by atoms with Gasteiger partial charge in [0.1, 0.15) is 0 Å². The fourth-order valence-electron chi connectivity index (χ4n) is 10.2. The molecule has 0 aliphatic carbocycles. The van der Waals surface area contributed by atoms with Crippen LogP contribution >= 0.6 is 0 Å². The van der Waals surface area contributed by atoms with E-state index in [1.807, 2.05) is 0 Å². The van der Waals surface area contributed by atoms with Crippen LogP contribution in [0.2, 0.25) is 0 Å². The molecule has 5 nitrogen and oxygen atoms in total. The summed E-state index contributed by atoms with van der Waals surface area (Å²) in [7, 11) is 0. The molecule has 0 saturated heterocycles. The Morgan fingerprint density at radius 1 is 0.356 bits per heavy atom. The van der Waals surface area contributed by atoms with Gasteiger partial charge in [-0.15, -0.1) is 0 Å². The van der Waals surface area contributed by atoms with Crippen LogP contribution < -0.4 is 31.1 Å². The lowest BCUT2D eigenvalue weighted by Crippen LogP contribution is -2.61. The second kappa shape index (κ2) is 16.3. The van der Waals surface area contributed by atoms with Gasteiger partial charge in [0.15, 0.2) is 0 Å². The molecule has 0 bridgehead atoms. The maximum absolute atomic E-state index is 9.84. The Hall–Kier alpha value is -9.52. The standard InChI is InChI=1S/C67H46BN5/c1-45-34-37-62-56(40-45)55-30-16-19-33-61(55)73(62)51-36-39-64-58(42-51)68-57-41-50(72-59-31-17-14-28-53(59)54-29-15-18-32-60(54)72)35-38-63(57)70(48-24-10-4-11-25-48)65-43-52(44-66(67(65)68)71(64)49-26-12-5-13-27-49)69(46-20-6-2-7-21-46)47-22-8-3-9-23-47/h2-44H,1H3/i2D,3D,4D,5D,6D,7D,8D,9D,10D,11D,12D,13D,14D,15D,16D,17D,18D,19D,20D,21D,22D,23D,24D,25D,26D,27D,28D,29D,30D,31D,32D,33D,34D,37D,40D. The van der Waals surface area contributed by atoms with Gasteiger partial charge < -0.3 is 23.8 Å². The van der Waals surface area contributed by atoms with Crippen molar-refractivity contribution in [1.82, 2.24) is 9.13 Å². The Balaban J connectivity index is 1.22. The molecule has 4 heterocycles. The van der Waals surface area contributed by atoms with Gasteiger partial charge in [0, 0.05) is 78.4 Å². The highest BCUT2D eigenvalue weighted by Gasteiger charge is 2.44. The third-order valence-electron chi connectivity index (χ3n) is 12.9. The number of hydrogen-bond acceptors (Lipinski definition) is 3. The van der Waals surface area contributed by atoms with Crippen molar-refractivity contribution in [2.45, 2.75) is 6.92 Å². The first-order chi connectivity index (χ1) is 50.7. The molecule has 6 heteroatoms. The average molecular weight is 967 g/mol. The van der Waals surface area contributed by atoms with E-state index < -0.39 is 269 Å². The molecular weight excluding hydrogens is 886 g/mol. The molecule has 2 aliphatic heterocycles. The third kappa shape index (κ3) is 6.30. The van der Waals surface area contributed by atoms with Crippen molar-refractivity contribution in [1.29, 1.82) is 0 Å². The first-order valence-electron chi connectivity index (χ1n) is 39.9. The van der Waals surface area contributed by atoms with Crippen molar-refractivity contribution in [3.8, 4) is 11.4 Å². The molecule has 0 saturated carbocycles. The van der Waals surface area contributed by atoms with Crippen molar-refractivity contribution in [2.75, 3.05) is 14.7 Å². The predicted octanol–water partition coefficient (Wildman–Crippen LogP) is 15.7. The Kier molecular flexibility index (Phi) is 4.37. The summed E-state index contributed by atoms with van der Waals surface area (Å²) in [5.41, 5.74) is -7.21. The molecule has 0 radical (unpaired) electrons. The molecule has 0 spiro atoms. The summed E-state index contributed by atoms with van der Waals surface area (Å²) < 4.78 is 327. The number of hydrogen-bond donors (Lipinski definition) is 0. The van der Waals surface area contributed by atoms with E-state index in [0.29, 0.717) is 0 Å². The van der Waals surface area contributed by atoms with Gasteiger partial charge in [-0.1, -0.05) is 138 Å². The van der Waals surface area contributed by atoms with Gasteiger partial charge in [-0.25, -0.2) is 0 Å². The fourth-order valence-corrected chi connectivity index (χ4v) is 10.2. The van der Waals surface area contributed by atoms with E-state index in [9.17, 15) is 28.8 Å². The van der Waals surface area contributed by atoms with Crippen LogP contribution in [0.15, 0.2) is 260 Å². The molecule has 11 aromatic carbocycles. The molecule has 15 rings (SSSR count). The van der Waals surface area contributed by atoms with Crippen LogP contribution in [-0.4, -0.2) is 15.8 Å². The molecule has 342 valence electrons. The maximum atomic E-state index is 9.84. The molecule has 0 amide bonds. The molecule has 0 N–H and O–H groups in total. The van der Waals surface area contributed by atoms with E-state index >= 15 is 0 Å². The smallest absolute Gasteiger partial charge is 0.252 e. The number of aromatic nitrogens is 2. The fraction of sp³-hybridized carbons (Fsp3) is 0.0149. The Labute approximate surface area is 473 Å². The minimum atomic E-state index is -1.67. The molecular formula is C67H46BN5. The monoisotopic (exact) mass is 967 g/mol. The highest BCUT2D eigenvalue weighted by Crippen LogP contribution is 2.49. The zero-order valence-electron chi connectivity index (χ0n) is 72.4. The first kappa shape index (κ1) is 19.6. The second-order valence-electron chi connectivity index (χ2n) is 16.8. The number of benzene rings is 11. The topological polar surface area (TPSA) is 19.6 Å². The minimum Gasteiger partial charge on any atom is -0.311 e. The Bertz CT molecular complexity index is 5800. The minimum absolute atomic E-state index is 0.0495. The Morgan fingerprint density at radius 2 is 0.753 bits per heavy atom. The first-order valence-corrected chi connectivity index (χ1v) is 22.4. The summed E-state index contributed by atoms with van der Waals surface area (Å²) in [6, 6.07) is -19.8. The SMILES string of the molecule is [2H]c1c([2H])c([2H])c(N2c3ccc(-n4c5c([2H])c([2H])c([2H])c([2H])c5c5c([2H])c([2H])c([2H])c([2H])c54)cc3B3c4cc(-n5c6c([2H])c([2H])c([2H])c([2H])c6c6c([2H])c(C)c([2H])c([2H])c65)ccc4N(c4c([2H])c([2H])c([2H])c([2H])c4[2H])c4cc(N(c5c([2H])c([2H])c([2H])c([2H])c5[2H])c5c([2H])c([2H])c([2H])c([2H])c5[2H])cc2c43)c([2H])c1[2H]. The summed E-state index contributed by atoms with van der Waals surface area (Å²) >= 11 is 0. The summed E-state index contributed by atoms with van der Waals surface area (Å²) in [6.07, 6.45) is 0. The largest absolute Gasteiger partial charge is 0.311 e. The molecule has 2 aromatic heterocycles. The lowest BCUT2D eigenvalue weighted by molar-refractivity contribution is 1.17. The average Bonchev–Trinajstić information content (AvgIpc) is 1.15. The molecule has 0 atom stereocenters. The van der Waals surface area contributed by atoms with Gasteiger partial charge in [0.25, 0.3) is 6.71 Å². The number of anilines is 9. The van der Waals surface area contributed by atoms with Crippen molar-refractivity contribution in [2.24, 2.45) is 0 Å². The normalized spacial score (nSPS) is 19.4. The van der Waals surface area contributed by atoms with Gasteiger partial charge in [-0.2, -0.15) is 0 Å². The van der Waals surface area contributed by atoms with Crippen LogP contribution in [0.3, 0.4) is 0 Å². The van der Waals surface area contributed by atoms with Crippen LogP contribution in [0.25, 0.3) is 55.0 Å². The molecule has 0 unspecified atom stereocenters. The summed E-state index contributed by atoms with van der Waals surface area (Å²) in [5, 5.41) is -1.19. The van der Waals surface area contributed by atoms with Crippen LogP contribution in [0.1, 0.15) is 53.5 Å². The number of para-hydroxylation sites is 7. The maximum Gasteiger partial charge on any atom is 0.252 e. The van der Waals surface area contributed by atoms with E-state index in [0.717, 1.165) is 31.4 Å². The van der Waals surface area contributed by atoms with Gasteiger partial charge in [-0.05, 0) is 150 Å². The summed E-state index contributed by atoms with van der Waals surface area (Å²) in [5.74, 6) is 0. The van der Waals surface area contributed by atoms with Crippen LogP contribution in [0.5, 0.6) is 0 Å². The highest BCUT2D eigenvalue weighted by atomic mass is 15.2. The van der Waals surface area contributed by atoms with Crippen molar-refractivity contribution in [3.05, 3.63) is 266 Å². The van der Waals surface area contributed by atoms with E-state index in [1.165, 1.54) is 47.9 Å². The van der Waals surface area contributed by atoms with Gasteiger partial charge in [0.2, 0.25) is 0 Å². The number of rotatable bonds is 7. The zero-order valence-corrected chi connectivity index (χ0v) is 37.4. The van der Waals surface area contributed by atoms with Crippen molar-refractivity contribution in [3.63, 3.8) is 0 Å². The summed E-state index contributed by atoms with van der Waals surface area (Å²) in [6.45, 7) is -0.288. The zero-order chi connectivity index (χ0) is 78.6. The van der Waals surface area contributed by atoms with E-state index in [1.54, 1.807) is 0 Å². The molecule has 13 aromatic rings. The molecule has 2 aliphatic rings. The van der Waals surface area contributed by atoms with E-state index in [2.05, 4.69) is 0 Å². The van der Waals surface area contributed by atoms with E-state index in [4.69, 9.17) is 19.2 Å². The van der Waals surface area contributed by atoms with Crippen molar-refractivity contribution >= 4 is 118 Å². The van der Waals surface area contributed by atoms with E-state index in [-0.39, 0.29) is 77.3 Å². The third-order valence-corrected chi connectivity index (χ3v) is 12.9. The summed E-state index contributed by atoms with van der Waals surface area (Å²) in [4.78, 5) is 2.93.